The average molecular weight is 369 g/mol. The summed E-state index contributed by atoms with van der Waals surface area (Å²) in [4.78, 5) is 21.5. The molecule has 0 saturated carbocycles. The van der Waals surface area contributed by atoms with Gasteiger partial charge in [0.25, 0.3) is 5.91 Å². The van der Waals surface area contributed by atoms with E-state index in [1.165, 1.54) is 0 Å². The van der Waals surface area contributed by atoms with E-state index in [1.807, 2.05) is 4.90 Å². The molecule has 140 valence electrons. The fourth-order valence-electron chi connectivity index (χ4n) is 5.39. The lowest BCUT2D eigenvalue weighted by atomic mass is 9.75. The Hall–Kier alpha value is -2.34. The number of likely N-dealkylation sites (tertiary alicyclic amines) is 1. The summed E-state index contributed by atoms with van der Waals surface area (Å²) in [5.41, 5.74) is 0.937. The van der Waals surface area contributed by atoms with Gasteiger partial charge in [-0.3, -0.25) is 14.7 Å². The molecule has 0 unspecified atom stereocenters. The second-order valence-electron chi connectivity index (χ2n) is 7.80. The van der Waals surface area contributed by atoms with E-state index in [9.17, 15) is 13.6 Å². The molecule has 4 nitrogen and oxygen atoms in total. The van der Waals surface area contributed by atoms with Crippen molar-refractivity contribution in [2.45, 2.75) is 30.8 Å². The van der Waals surface area contributed by atoms with Gasteiger partial charge < -0.3 is 4.90 Å². The number of halogens is 2. The Morgan fingerprint density at radius 2 is 1.89 bits per heavy atom. The first kappa shape index (κ1) is 16.8. The van der Waals surface area contributed by atoms with Crippen molar-refractivity contribution in [3.8, 4) is 0 Å². The lowest BCUT2D eigenvalue weighted by Crippen LogP contribution is -2.60. The maximum absolute atomic E-state index is 14.6. The Labute approximate surface area is 156 Å². The summed E-state index contributed by atoms with van der Waals surface area (Å²) in [6.45, 7) is 2.35. The maximum atomic E-state index is 14.6. The molecule has 27 heavy (non-hydrogen) atoms. The van der Waals surface area contributed by atoms with Gasteiger partial charge in [-0.05, 0) is 55.6 Å². The Morgan fingerprint density at radius 3 is 2.63 bits per heavy atom. The van der Waals surface area contributed by atoms with Crippen LogP contribution in [0.3, 0.4) is 0 Å². The second-order valence-corrected chi connectivity index (χ2v) is 7.80. The summed E-state index contributed by atoms with van der Waals surface area (Å²) in [6.07, 6.45) is 5.32. The number of fused-ring (bicyclic) bond motifs is 2. The highest BCUT2D eigenvalue weighted by atomic mass is 19.2. The van der Waals surface area contributed by atoms with Crippen LogP contribution in [0, 0.1) is 17.6 Å². The zero-order valence-corrected chi connectivity index (χ0v) is 14.9. The molecule has 4 saturated heterocycles. The van der Waals surface area contributed by atoms with Crippen LogP contribution in [0.15, 0.2) is 42.7 Å². The quantitative estimate of drug-likeness (QED) is 0.816. The third kappa shape index (κ3) is 2.57. The molecule has 0 N–H and O–H groups in total. The Balaban J connectivity index is 1.56. The Bertz CT molecular complexity index is 867. The molecule has 2 aromatic rings. The molecule has 1 aromatic carbocycles. The van der Waals surface area contributed by atoms with Gasteiger partial charge in [-0.1, -0.05) is 12.1 Å². The number of aromatic nitrogens is 1. The van der Waals surface area contributed by atoms with Crippen molar-refractivity contribution < 1.29 is 13.6 Å². The second kappa shape index (κ2) is 6.37. The SMILES string of the molecule is O=C(c1cccnc1)N1C[C@@H](c2cccc(F)c2F)[C@@H]2[C@H]1C1CCN2CC1. The van der Waals surface area contributed by atoms with Crippen molar-refractivity contribution in [2.75, 3.05) is 19.6 Å². The largest absolute Gasteiger partial charge is 0.333 e. The van der Waals surface area contributed by atoms with Gasteiger partial charge >= 0.3 is 0 Å². The number of hydrogen-bond donors (Lipinski definition) is 0. The van der Waals surface area contributed by atoms with Gasteiger partial charge in [-0.15, -0.1) is 0 Å². The van der Waals surface area contributed by atoms with Crippen LogP contribution < -0.4 is 0 Å². The van der Waals surface area contributed by atoms with Gasteiger partial charge in [0.2, 0.25) is 0 Å². The molecular weight excluding hydrogens is 348 g/mol. The summed E-state index contributed by atoms with van der Waals surface area (Å²) in [5, 5.41) is 0. The molecule has 6 rings (SSSR count). The molecule has 6 heteroatoms. The number of benzene rings is 1. The first-order valence-corrected chi connectivity index (χ1v) is 9.54. The minimum absolute atomic E-state index is 0.0490. The van der Waals surface area contributed by atoms with E-state index >= 15 is 0 Å². The number of carbonyl (C=O) groups excluding carboxylic acids is 1. The van der Waals surface area contributed by atoms with E-state index in [0.717, 1.165) is 32.0 Å². The van der Waals surface area contributed by atoms with Crippen molar-refractivity contribution in [1.82, 2.24) is 14.8 Å². The molecule has 0 radical (unpaired) electrons. The van der Waals surface area contributed by atoms with Gasteiger partial charge in [0, 0.05) is 30.9 Å². The fourth-order valence-corrected chi connectivity index (χ4v) is 5.39. The first-order chi connectivity index (χ1) is 13.1. The highest BCUT2D eigenvalue weighted by Crippen LogP contribution is 2.47. The van der Waals surface area contributed by atoms with Crippen LogP contribution in [0.1, 0.15) is 34.7 Å². The molecule has 0 aliphatic carbocycles. The minimum Gasteiger partial charge on any atom is -0.333 e. The first-order valence-electron chi connectivity index (χ1n) is 9.54. The number of rotatable bonds is 2. The number of nitrogens with zero attached hydrogens (tertiary/aromatic N) is 3. The number of carbonyl (C=O) groups is 1. The van der Waals surface area contributed by atoms with Crippen LogP contribution in [0.4, 0.5) is 8.78 Å². The van der Waals surface area contributed by atoms with Crippen molar-refractivity contribution in [3.63, 3.8) is 0 Å². The standard InChI is InChI=1S/C21H21F2N3O/c22-17-5-1-4-15(18(17)23)16-12-26(21(27)14-3-2-8-24-11-14)19-13-6-9-25(10-7-13)20(16)19/h1-5,8,11,13,16,19-20H,6-7,9-10,12H2/t16-,19+,20+/m0/s1. The van der Waals surface area contributed by atoms with Crippen molar-refractivity contribution in [2.24, 2.45) is 5.92 Å². The highest BCUT2D eigenvalue weighted by molar-refractivity contribution is 5.94. The van der Waals surface area contributed by atoms with E-state index in [2.05, 4.69) is 9.88 Å². The number of piperidine rings is 3. The zero-order valence-electron chi connectivity index (χ0n) is 14.9. The van der Waals surface area contributed by atoms with Gasteiger partial charge in [0.05, 0.1) is 11.6 Å². The van der Waals surface area contributed by atoms with E-state index in [-0.39, 0.29) is 23.9 Å². The smallest absolute Gasteiger partial charge is 0.255 e. The monoisotopic (exact) mass is 369 g/mol. The van der Waals surface area contributed by atoms with Crippen LogP contribution in [0.25, 0.3) is 0 Å². The Morgan fingerprint density at radius 1 is 1.07 bits per heavy atom. The van der Waals surface area contributed by atoms with E-state index in [1.54, 1.807) is 36.7 Å². The zero-order chi connectivity index (χ0) is 18.5. The van der Waals surface area contributed by atoms with Gasteiger partial charge in [-0.25, -0.2) is 8.78 Å². The molecule has 5 heterocycles. The number of hydrogen-bond acceptors (Lipinski definition) is 3. The van der Waals surface area contributed by atoms with Crippen molar-refractivity contribution in [3.05, 3.63) is 65.5 Å². The summed E-state index contributed by atoms with van der Waals surface area (Å²) in [5.74, 6) is -1.46. The van der Waals surface area contributed by atoms with Crippen LogP contribution in [0.2, 0.25) is 0 Å². The summed E-state index contributed by atoms with van der Waals surface area (Å²) in [6, 6.07) is 7.99. The molecular formula is C21H21F2N3O. The van der Waals surface area contributed by atoms with E-state index in [0.29, 0.717) is 23.6 Å². The molecule has 0 spiro atoms. The van der Waals surface area contributed by atoms with Gasteiger partial charge in [-0.2, -0.15) is 0 Å². The normalized spacial score (nSPS) is 31.8. The van der Waals surface area contributed by atoms with Gasteiger partial charge in [0.15, 0.2) is 11.6 Å². The van der Waals surface area contributed by atoms with Crippen LogP contribution in [0.5, 0.6) is 0 Å². The fraction of sp³-hybridized carbons (Fsp3) is 0.429. The van der Waals surface area contributed by atoms with Crippen LogP contribution in [-0.2, 0) is 0 Å². The molecule has 4 fully saturated rings. The molecule has 1 amide bonds. The summed E-state index contributed by atoms with van der Waals surface area (Å²) in [7, 11) is 0. The lowest BCUT2D eigenvalue weighted by molar-refractivity contribution is -0.00360. The summed E-state index contributed by atoms with van der Waals surface area (Å²) >= 11 is 0. The molecule has 3 atom stereocenters. The predicted octanol–water partition coefficient (Wildman–Crippen LogP) is 3.06. The molecule has 1 aromatic heterocycles. The van der Waals surface area contributed by atoms with Gasteiger partial charge in [0.1, 0.15) is 0 Å². The number of pyridine rings is 1. The van der Waals surface area contributed by atoms with Crippen molar-refractivity contribution >= 4 is 5.91 Å². The molecule has 4 aliphatic rings. The molecule has 2 bridgehead atoms. The molecule has 4 aliphatic heterocycles. The topological polar surface area (TPSA) is 36.4 Å². The van der Waals surface area contributed by atoms with Crippen LogP contribution in [-0.4, -0.2) is 52.4 Å². The Kier molecular flexibility index (Phi) is 3.97. The highest BCUT2D eigenvalue weighted by Gasteiger charge is 2.55. The average Bonchev–Trinajstić information content (AvgIpc) is 3.14. The summed E-state index contributed by atoms with van der Waals surface area (Å²) < 4.78 is 28.5. The lowest BCUT2D eigenvalue weighted by Gasteiger charge is -2.51. The van der Waals surface area contributed by atoms with E-state index < -0.39 is 11.6 Å². The minimum atomic E-state index is -0.822. The van der Waals surface area contributed by atoms with E-state index in [4.69, 9.17) is 0 Å². The maximum Gasteiger partial charge on any atom is 0.255 e. The predicted molar refractivity (Wildman–Crippen MR) is 96.2 cm³/mol. The third-order valence-electron chi connectivity index (χ3n) is 6.54. The van der Waals surface area contributed by atoms with Crippen molar-refractivity contribution in [1.29, 1.82) is 0 Å². The third-order valence-corrected chi connectivity index (χ3v) is 6.54. The van der Waals surface area contributed by atoms with Crippen LogP contribution >= 0.6 is 0 Å². The number of amides is 1.